The summed E-state index contributed by atoms with van der Waals surface area (Å²) in [5, 5.41) is 3.20. The predicted molar refractivity (Wildman–Crippen MR) is 77.6 cm³/mol. The maximum atomic E-state index is 12.4. The van der Waals surface area contributed by atoms with Gasteiger partial charge in [0, 0.05) is 32.0 Å². The lowest BCUT2D eigenvalue weighted by Gasteiger charge is -2.18. The maximum absolute atomic E-state index is 12.4. The van der Waals surface area contributed by atoms with Crippen molar-refractivity contribution in [1.82, 2.24) is 14.9 Å². The summed E-state index contributed by atoms with van der Waals surface area (Å²) in [6.45, 7) is 7.84. The van der Waals surface area contributed by atoms with E-state index in [1.165, 1.54) is 0 Å². The molecule has 106 valence electrons. The first-order chi connectivity index (χ1) is 9.11. The van der Waals surface area contributed by atoms with Crippen LogP contribution in [0.15, 0.2) is 17.2 Å². The Morgan fingerprint density at radius 1 is 1.53 bits per heavy atom. The van der Waals surface area contributed by atoms with Crippen molar-refractivity contribution >= 4 is 5.82 Å². The summed E-state index contributed by atoms with van der Waals surface area (Å²) in [6, 6.07) is 0. The first-order valence-electron chi connectivity index (χ1n) is 7.06. The van der Waals surface area contributed by atoms with Crippen molar-refractivity contribution in [3.05, 3.63) is 22.7 Å². The van der Waals surface area contributed by atoms with Crippen molar-refractivity contribution in [3.8, 4) is 0 Å². The third-order valence-corrected chi connectivity index (χ3v) is 3.54. The summed E-state index contributed by atoms with van der Waals surface area (Å²) in [4.78, 5) is 18.8. The van der Waals surface area contributed by atoms with Crippen LogP contribution in [0.5, 0.6) is 0 Å². The number of aromatic nitrogens is 2. The Kier molecular flexibility index (Phi) is 4.58. The number of anilines is 1. The minimum atomic E-state index is 0.0429. The lowest BCUT2D eigenvalue weighted by Crippen LogP contribution is -2.33. The van der Waals surface area contributed by atoms with E-state index in [9.17, 15) is 4.79 Å². The SMILES string of the molecule is CNCC1CCN(c2nccn(CC(C)C)c2=O)C1. The molecule has 1 aromatic heterocycles. The fraction of sp³-hybridized carbons (Fsp3) is 0.714. The van der Waals surface area contributed by atoms with E-state index < -0.39 is 0 Å². The monoisotopic (exact) mass is 264 g/mol. The van der Waals surface area contributed by atoms with Crippen molar-refractivity contribution in [2.24, 2.45) is 11.8 Å². The van der Waals surface area contributed by atoms with Gasteiger partial charge in [0.05, 0.1) is 0 Å². The van der Waals surface area contributed by atoms with E-state index in [-0.39, 0.29) is 5.56 Å². The van der Waals surface area contributed by atoms with Gasteiger partial charge in [0.1, 0.15) is 0 Å². The fourth-order valence-electron chi connectivity index (χ4n) is 2.67. The summed E-state index contributed by atoms with van der Waals surface area (Å²) < 4.78 is 1.78. The number of nitrogens with one attached hydrogen (secondary N) is 1. The molecule has 0 amide bonds. The minimum Gasteiger partial charge on any atom is -0.352 e. The molecule has 0 radical (unpaired) electrons. The Balaban J connectivity index is 2.15. The van der Waals surface area contributed by atoms with E-state index in [4.69, 9.17) is 0 Å². The molecule has 19 heavy (non-hydrogen) atoms. The molecular formula is C14H24N4O. The van der Waals surface area contributed by atoms with Crippen LogP contribution in [0.1, 0.15) is 20.3 Å². The lowest BCUT2D eigenvalue weighted by atomic mass is 10.1. The van der Waals surface area contributed by atoms with Gasteiger partial charge < -0.3 is 14.8 Å². The summed E-state index contributed by atoms with van der Waals surface area (Å²) in [6.07, 6.45) is 4.65. The molecule has 1 atom stereocenters. The smallest absolute Gasteiger partial charge is 0.293 e. The van der Waals surface area contributed by atoms with E-state index in [1.54, 1.807) is 17.0 Å². The van der Waals surface area contributed by atoms with Crippen LogP contribution in [0.3, 0.4) is 0 Å². The summed E-state index contributed by atoms with van der Waals surface area (Å²) in [5.41, 5.74) is 0.0429. The normalized spacial score (nSPS) is 19.4. The van der Waals surface area contributed by atoms with E-state index in [0.717, 1.165) is 32.6 Å². The molecule has 0 aromatic carbocycles. The van der Waals surface area contributed by atoms with Crippen LogP contribution >= 0.6 is 0 Å². The molecule has 0 bridgehead atoms. The first-order valence-corrected chi connectivity index (χ1v) is 7.06. The highest BCUT2D eigenvalue weighted by atomic mass is 16.1. The Labute approximate surface area is 114 Å². The van der Waals surface area contributed by atoms with Gasteiger partial charge in [0.2, 0.25) is 0 Å². The second kappa shape index (κ2) is 6.19. The molecule has 1 unspecified atom stereocenters. The van der Waals surface area contributed by atoms with E-state index in [0.29, 0.717) is 17.7 Å². The molecule has 2 heterocycles. The van der Waals surface area contributed by atoms with Gasteiger partial charge in [-0.05, 0) is 31.8 Å². The maximum Gasteiger partial charge on any atom is 0.293 e. The predicted octanol–water partition coefficient (Wildman–Crippen LogP) is 0.945. The van der Waals surface area contributed by atoms with Crippen LogP contribution in [0.4, 0.5) is 5.82 Å². The van der Waals surface area contributed by atoms with Gasteiger partial charge in [-0.25, -0.2) is 4.98 Å². The highest BCUT2D eigenvalue weighted by molar-refractivity contribution is 5.37. The largest absolute Gasteiger partial charge is 0.352 e. The van der Waals surface area contributed by atoms with Crippen LogP contribution in [0.25, 0.3) is 0 Å². The van der Waals surface area contributed by atoms with Crippen LogP contribution in [0, 0.1) is 11.8 Å². The van der Waals surface area contributed by atoms with Crippen LogP contribution in [-0.4, -0.2) is 36.2 Å². The van der Waals surface area contributed by atoms with Crippen molar-refractivity contribution in [1.29, 1.82) is 0 Å². The lowest BCUT2D eigenvalue weighted by molar-refractivity contribution is 0.508. The van der Waals surface area contributed by atoms with Crippen LogP contribution < -0.4 is 15.8 Å². The average molecular weight is 264 g/mol. The van der Waals surface area contributed by atoms with Gasteiger partial charge in [0.15, 0.2) is 5.82 Å². The summed E-state index contributed by atoms with van der Waals surface area (Å²) in [5.74, 6) is 1.69. The second-order valence-corrected chi connectivity index (χ2v) is 5.76. The highest BCUT2D eigenvalue weighted by Gasteiger charge is 2.25. The highest BCUT2D eigenvalue weighted by Crippen LogP contribution is 2.18. The number of nitrogens with zero attached hydrogens (tertiary/aromatic N) is 3. The molecule has 0 spiro atoms. The number of hydrogen-bond donors (Lipinski definition) is 1. The molecule has 1 aliphatic rings. The average Bonchev–Trinajstić information content (AvgIpc) is 2.80. The van der Waals surface area contributed by atoms with Crippen molar-refractivity contribution in [2.45, 2.75) is 26.8 Å². The second-order valence-electron chi connectivity index (χ2n) is 5.76. The molecule has 0 aliphatic carbocycles. The zero-order chi connectivity index (χ0) is 13.8. The topological polar surface area (TPSA) is 50.2 Å². The molecule has 2 rings (SSSR count). The van der Waals surface area contributed by atoms with Gasteiger partial charge in [-0.1, -0.05) is 13.8 Å². The summed E-state index contributed by atoms with van der Waals surface area (Å²) >= 11 is 0. The summed E-state index contributed by atoms with van der Waals surface area (Å²) in [7, 11) is 1.97. The van der Waals surface area contributed by atoms with Gasteiger partial charge in [-0.2, -0.15) is 0 Å². The molecular weight excluding hydrogens is 240 g/mol. The van der Waals surface area contributed by atoms with Crippen molar-refractivity contribution in [2.75, 3.05) is 31.6 Å². The van der Waals surface area contributed by atoms with Gasteiger partial charge in [-0.15, -0.1) is 0 Å². The molecule has 1 aromatic rings. The minimum absolute atomic E-state index is 0.0429. The van der Waals surface area contributed by atoms with E-state index >= 15 is 0 Å². The van der Waals surface area contributed by atoms with E-state index in [2.05, 4.69) is 29.0 Å². The van der Waals surface area contributed by atoms with Gasteiger partial charge in [0.25, 0.3) is 5.56 Å². The molecule has 1 aliphatic heterocycles. The molecule has 5 heteroatoms. The van der Waals surface area contributed by atoms with Crippen LogP contribution in [0.2, 0.25) is 0 Å². The van der Waals surface area contributed by atoms with E-state index in [1.807, 2.05) is 7.05 Å². The Bertz CT molecular complexity index is 469. The van der Waals surface area contributed by atoms with Crippen LogP contribution in [-0.2, 0) is 6.54 Å². The zero-order valence-electron chi connectivity index (χ0n) is 12.1. The van der Waals surface area contributed by atoms with Crippen molar-refractivity contribution < 1.29 is 0 Å². The molecule has 5 nitrogen and oxygen atoms in total. The third kappa shape index (κ3) is 3.35. The Morgan fingerprint density at radius 3 is 3.00 bits per heavy atom. The zero-order valence-corrected chi connectivity index (χ0v) is 12.1. The van der Waals surface area contributed by atoms with Gasteiger partial charge in [-0.3, -0.25) is 4.79 Å². The molecule has 1 fully saturated rings. The van der Waals surface area contributed by atoms with Gasteiger partial charge >= 0.3 is 0 Å². The standard InChI is InChI=1S/C14H24N4O/c1-11(2)9-18-7-5-16-13(14(18)19)17-6-4-12(10-17)8-15-3/h5,7,11-12,15H,4,6,8-10H2,1-3H3. The quantitative estimate of drug-likeness (QED) is 0.860. The molecule has 0 saturated carbocycles. The number of rotatable bonds is 5. The fourth-order valence-corrected chi connectivity index (χ4v) is 2.67. The van der Waals surface area contributed by atoms with Crippen molar-refractivity contribution in [3.63, 3.8) is 0 Å². The first kappa shape index (κ1) is 14.1. The molecule has 1 saturated heterocycles. The Hall–Kier alpha value is -1.36. The molecule has 1 N–H and O–H groups in total. The number of hydrogen-bond acceptors (Lipinski definition) is 4. The third-order valence-electron chi connectivity index (χ3n) is 3.54. The Morgan fingerprint density at radius 2 is 2.32 bits per heavy atom.